The van der Waals surface area contributed by atoms with Crippen molar-refractivity contribution in [3.05, 3.63) is 35.4 Å². The maximum Gasteiger partial charge on any atom is 0.263 e. The Morgan fingerprint density at radius 2 is 1.82 bits per heavy atom. The van der Waals surface area contributed by atoms with Crippen molar-refractivity contribution < 1.29 is 18.6 Å². The Morgan fingerprint density at radius 1 is 1.18 bits per heavy atom. The van der Waals surface area contributed by atoms with Crippen LogP contribution in [0.4, 0.5) is 8.78 Å². The molecular formula is C13H16F2O2. The topological polar surface area (TPSA) is 29.5 Å². The number of hydrogen-bond donors (Lipinski definition) is 1. The summed E-state index contributed by atoms with van der Waals surface area (Å²) in [6.07, 6.45) is -1.23. The van der Waals surface area contributed by atoms with Gasteiger partial charge in [0, 0.05) is 18.1 Å². The summed E-state index contributed by atoms with van der Waals surface area (Å²) in [4.78, 5) is 0. The molecule has 0 radical (unpaired) electrons. The number of benzene rings is 1. The molecule has 2 unspecified atom stereocenters. The molecule has 0 aromatic heterocycles. The van der Waals surface area contributed by atoms with Gasteiger partial charge in [-0.2, -0.15) is 0 Å². The summed E-state index contributed by atoms with van der Waals surface area (Å²) in [6.45, 7) is 1.28. The van der Waals surface area contributed by atoms with E-state index >= 15 is 0 Å². The third-order valence-electron chi connectivity index (χ3n) is 3.17. The van der Waals surface area contributed by atoms with Gasteiger partial charge in [-0.3, -0.25) is 0 Å². The molecule has 2 nitrogen and oxygen atoms in total. The summed E-state index contributed by atoms with van der Waals surface area (Å²) in [5.41, 5.74) is 0.672. The molecule has 94 valence electrons. The van der Waals surface area contributed by atoms with Crippen molar-refractivity contribution in [1.29, 1.82) is 0 Å². The molecule has 1 aromatic carbocycles. The number of alkyl halides is 2. The Morgan fingerprint density at radius 3 is 2.35 bits per heavy atom. The summed E-state index contributed by atoms with van der Waals surface area (Å²) >= 11 is 0. The van der Waals surface area contributed by atoms with Crippen LogP contribution in [0, 0.1) is 5.92 Å². The fourth-order valence-corrected chi connectivity index (χ4v) is 2.13. The SMILES string of the molecule is OC(c1ccc(C(F)F)cc1)C1CCCOC1. The van der Waals surface area contributed by atoms with Crippen molar-refractivity contribution in [3.63, 3.8) is 0 Å². The van der Waals surface area contributed by atoms with E-state index in [1.54, 1.807) is 12.1 Å². The quantitative estimate of drug-likeness (QED) is 0.882. The van der Waals surface area contributed by atoms with Gasteiger partial charge in [0.2, 0.25) is 0 Å². The highest BCUT2D eigenvalue weighted by Crippen LogP contribution is 2.29. The fourth-order valence-electron chi connectivity index (χ4n) is 2.13. The first-order valence-electron chi connectivity index (χ1n) is 5.82. The average molecular weight is 242 g/mol. The summed E-state index contributed by atoms with van der Waals surface area (Å²) in [6, 6.07) is 5.88. The molecule has 1 aliphatic rings. The number of aliphatic hydroxyl groups is 1. The fraction of sp³-hybridized carbons (Fsp3) is 0.538. The molecule has 4 heteroatoms. The van der Waals surface area contributed by atoms with Crippen LogP contribution in [0.2, 0.25) is 0 Å². The highest BCUT2D eigenvalue weighted by atomic mass is 19.3. The second-order valence-electron chi connectivity index (χ2n) is 4.39. The van der Waals surface area contributed by atoms with Gasteiger partial charge in [-0.05, 0) is 18.4 Å². The number of rotatable bonds is 3. The minimum absolute atomic E-state index is 0.0131. The number of ether oxygens (including phenoxy) is 1. The number of halogens is 2. The van der Waals surface area contributed by atoms with Crippen LogP contribution in [0.15, 0.2) is 24.3 Å². The lowest BCUT2D eigenvalue weighted by molar-refractivity contribution is -0.00999. The van der Waals surface area contributed by atoms with Crippen LogP contribution in [-0.4, -0.2) is 18.3 Å². The first kappa shape index (κ1) is 12.5. The van der Waals surface area contributed by atoms with Crippen molar-refractivity contribution in [3.8, 4) is 0 Å². The van der Waals surface area contributed by atoms with E-state index in [9.17, 15) is 13.9 Å². The summed E-state index contributed by atoms with van der Waals surface area (Å²) in [5, 5.41) is 10.1. The highest BCUT2D eigenvalue weighted by molar-refractivity contribution is 5.25. The monoisotopic (exact) mass is 242 g/mol. The van der Waals surface area contributed by atoms with Crippen molar-refractivity contribution in [2.45, 2.75) is 25.4 Å². The molecule has 0 aliphatic carbocycles. The van der Waals surface area contributed by atoms with E-state index in [-0.39, 0.29) is 11.5 Å². The Bertz CT molecular complexity index is 345. The number of hydrogen-bond acceptors (Lipinski definition) is 2. The van der Waals surface area contributed by atoms with Crippen LogP contribution in [0.25, 0.3) is 0 Å². The van der Waals surface area contributed by atoms with Crippen LogP contribution in [0.5, 0.6) is 0 Å². The number of aliphatic hydroxyl groups excluding tert-OH is 1. The first-order valence-corrected chi connectivity index (χ1v) is 5.82. The normalized spacial score (nSPS) is 22.7. The molecule has 0 amide bonds. The molecule has 1 fully saturated rings. The lowest BCUT2D eigenvalue weighted by atomic mass is 9.91. The minimum atomic E-state index is -2.46. The van der Waals surface area contributed by atoms with Gasteiger partial charge in [-0.1, -0.05) is 24.3 Å². The summed E-state index contributed by atoms with van der Waals surface area (Å²) < 4.78 is 30.1. The van der Waals surface area contributed by atoms with Crippen LogP contribution in [0.3, 0.4) is 0 Å². The van der Waals surface area contributed by atoms with Gasteiger partial charge >= 0.3 is 0 Å². The van der Waals surface area contributed by atoms with Crippen LogP contribution in [0.1, 0.15) is 36.5 Å². The molecule has 0 saturated carbocycles. The predicted octanol–water partition coefficient (Wildman–Crippen LogP) is 3.08. The van der Waals surface area contributed by atoms with Gasteiger partial charge in [0.15, 0.2) is 0 Å². The van der Waals surface area contributed by atoms with E-state index in [0.717, 1.165) is 19.4 Å². The highest BCUT2D eigenvalue weighted by Gasteiger charge is 2.23. The zero-order chi connectivity index (χ0) is 12.3. The zero-order valence-corrected chi connectivity index (χ0v) is 9.48. The van der Waals surface area contributed by atoms with Gasteiger partial charge < -0.3 is 9.84 Å². The minimum Gasteiger partial charge on any atom is -0.388 e. The third kappa shape index (κ3) is 3.01. The van der Waals surface area contributed by atoms with Gasteiger partial charge in [-0.15, -0.1) is 0 Å². The van der Waals surface area contributed by atoms with Crippen molar-refractivity contribution in [2.24, 2.45) is 5.92 Å². The van der Waals surface area contributed by atoms with Crippen molar-refractivity contribution >= 4 is 0 Å². The second kappa shape index (κ2) is 5.56. The maximum atomic E-state index is 12.4. The van der Waals surface area contributed by atoms with E-state index in [2.05, 4.69) is 0 Å². The summed E-state index contributed by atoms with van der Waals surface area (Å²) in [5.74, 6) is 0.0705. The van der Waals surface area contributed by atoms with E-state index in [4.69, 9.17) is 4.74 Å². The average Bonchev–Trinajstić information content (AvgIpc) is 2.39. The van der Waals surface area contributed by atoms with E-state index in [1.807, 2.05) is 0 Å². The Hall–Kier alpha value is -1.00. The Labute approximate surface area is 99.2 Å². The second-order valence-corrected chi connectivity index (χ2v) is 4.39. The first-order chi connectivity index (χ1) is 8.18. The molecule has 0 bridgehead atoms. The van der Waals surface area contributed by atoms with Crippen LogP contribution in [-0.2, 0) is 4.74 Å². The maximum absolute atomic E-state index is 12.4. The molecule has 17 heavy (non-hydrogen) atoms. The Balaban J connectivity index is 2.05. The molecule has 2 rings (SSSR count). The lowest BCUT2D eigenvalue weighted by Gasteiger charge is -2.27. The van der Waals surface area contributed by atoms with Crippen molar-refractivity contribution in [2.75, 3.05) is 13.2 Å². The molecule has 0 spiro atoms. The zero-order valence-electron chi connectivity index (χ0n) is 9.48. The molecular weight excluding hydrogens is 226 g/mol. The largest absolute Gasteiger partial charge is 0.388 e. The summed E-state index contributed by atoms with van der Waals surface area (Å²) in [7, 11) is 0. The molecule has 2 atom stereocenters. The van der Waals surface area contributed by atoms with Crippen LogP contribution >= 0.6 is 0 Å². The predicted molar refractivity (Wildman–Crippen MR) is 59.9 cm³/mol. The lowest BCUT2D eigenvalue weighted by Crippen LogP contribution is -2.23. The molecule has 1 heterocycles. The van der Waals surface area contributed by atoms with Crippen LogP contribution < -0.4 is 0 Å². The van der Waals surface area contributed by atoms with Crippen molar-refractivity contribution in [1.82, 2.24) is 0 Å². The third-order valence-corrected chi connectivity index (χ3v) is 3.17. The van der Waals surface area contributed by atoms with Gasteiger partial charge in [0.25, 0.3) is 6.43 Å². The smallest absolute Gasteiger partial charge is 0.263 e. The molecule has 1 aromatic rings. The van der Waals surface area contributed by atoms with E-state index < -0.39 is 12.5 Å². The molecule has 1 N–H and O–H groups in total. The Kier molecular flexibility index (Phi) is 4.07. The van der Waals surface area contributed by atoms with E-state index in [1.165, 1.54) is 12.1 Å². The van der Waals surface area contributed by atoms with E-state index in [0.29, 0.717) is 12.2 Å². The standard InChI is InChI=1S/C13H16F2O2/c14-13(15)10-5-3-9(4-6-10)12(16)11-2-1-7-17-8-11/h3-6,11-13,16H,1-2,7-8H2. The van der Waals surface area contributed by atoms with Gasteiger partial charge in [0.1, 0.15) is 0 Å². The molecule has 1 aliphatic heterocycles. The van der Waals surface area contributed by atoms with Gasteiger partial charge in [0.05, 0.1) is 12.7 Å². The van der Waals surface area contributed by atoms with Gasteiger partial charge in [-0.25, -0.2) is 8.78 Å². The molecule has 1 saturated heterocycles.